The third-order valence-corrected chi connectivity index (χ3v) is 4.96. The fraction of sp³-hybridized carbons (Fsp3) is 0.304. The van der Waals surface area contributed by atoms with Crippen LogP contribution in [-0.4, -0.2) is 41.1 Å². The monoisotopic (exact) mass is 393 g/mol. The number of Topliss-reactive ketones (excluding diaryl/α,β-unsaturated/α-hetero) is 1. The molecular weight excluding hydrogens is 370 g/mol. The number of carbonyl (C=O) groups is 4. The lowest BCUT2D eigenvalue weighted by Crippen LogP contribution is -2.31. The molecule has 0 aromatic heterocycles. The zero-order chi connectivity index (χ0) is 21.0. The predicted molar refractivity (Wildman–Crippen MR) is 107 cm³/mol. The molecule has 1 heterocycles. The first kappa shape index (κ1) is 20.5. The molecule has 3 rings (SSSR count). The highest BCUT2D eigenvalue weighted by Crippen LogP contribution is 2.22. The van der Waals surface area contributed by atoms with E-state index in [1.807, 2.05) is 19.1 Å². The molecule has 0 aliphatic carbocycles. The van der Waals surface area contributed by atoms with Crippen molar-refractivity contribution in [3.05, 3.63) is 70.8 Å². The van der Waals surface area contributed by atoms with Crippen LogP contribution >= 0.6 is 0 Å². The molecule has 6 nitrogen and oxygen atoms in total. The summed E-state index contributed by atoms with van der Waals surface area (Å²) in [6.45, 7) is 3.70. The number of hydrogen-bond acceptors (Lipinski definition) is 5. The van der Waals surface area contributed by atoms with Gasteiger partial charge in [0.25, 0.3) is 11.8 Å². The molecule has 0 unspecified atom stereocenters. The Morgan fingerprint density at radius 1 is 0.966 bits per heavy atom. The van der Waals surface area contributed by atoms with Gasteiger partial charge in [0.1, 0.15) is 0 Å². The van der Waals surface area contributed by atoms with Crippen LogP contribution in [0.1, 0.15) is 63.3 Å². The Labute approximate surface area is 169 Å². The Balaban J connectivity index is 1.48. The molecule has 6 heteroatoms. The maximum absolute atomic E-state index is 12.4. The number of nitrogens with zero attached hydrogens (tertiary/aromatic N) is 1. The fourth-order valence-electron chi connectivity index (χ4n) is 3.27. The van der Waals surface area contributed by atoms with Gasteiger partial charge >= 0.3 is 5.97 Å². The van der Waals surface area contributed by atoms with Crippen LogP contribution in [0, 0.1) is 0 Å². The molecule has 0 saturated carbocycles. The second-order valence-electron chi connectivity index (χ2n) is 6.96. The van der Waals surface area contributed by atoms with E-state index in [2.05, 4.69) is 0 Å². The summed E-state index contributed by atoms with van der Waals surface area (Å²) in [4.78, 5) is 50.2. The lowest BCUT2D eigenvalue weighted by Gasteiger charge is -2.15. The van der Waals surface area contributed by atoms with Crippen molar-refractivity contribution in [3.63, 3.8) is 0 Å². The Morgan fingerprint density at radius 3 is 2.10 bits per heavy atom. The van der Waals surface area contributed by atoms with Crippen molar-refractivity contribution in [3.8, 4) is 0 Å². The average Bonchev–Trinajstić information content (AvgIpc) is 2.98. The minimum Gasteiger partial charge on any atom is -0.454 e. The van der Waals surface area contributed by atoms with E-state index in [1.54, 1.807) is 36.4 Å². The van der Waals surface area contributed by atoms with E-state index in [0.717, 1.165) is 16.9 Å². The van der Waals surface area contributed by atoms with Crippen molar-refractivity contribution in [1.29, 1.82) is 0 Å². The zero-order valence-electron chi connectivity index (χ0n) is 16.5. The Hall–Kier alpha value is -3.28. The lowest BCUT2D eigenvalue weighted by atomic mass is 10.0. The van der Waals surface area contributed by atoms with Crippen molar-refractivity contribution in [1.82, 2.24) is 4.90 Å². The maximum atomic E-state index is 12.4. The van der Waals surface area contributed by atoms with Gasteiger partial charge in [-0.2, -0.15) is 0 Å². The lowest BCUT2D eigenvalue weighted by molar-refractivity contribution is -0.146. The number of amides is 2. The van der Waals surface area contributed by atoms with E-state index in [9.17, 15) is 19.2 Å². The highest BCUT2D eigenvalue weighted by molar-refractivity contribution is 6.21. The van der Waals surface area contributed by atoms with E-state index in [0.29, 0.717) is 16.7 Å². The van der Waals surface area contributed by atoms with Gasteiger partial charge in [-0.05, 0) is 37.5 Å². The number of carbonyl (C=O) groups excluding carboxylic acids is 4. The van der Waals surface area contributed by atoms with Crippen molar-refractivity contribution in [2.45, 2.75) is 39.2 Å². The second kappa shape index (κ2) is 8.82. The molecule has 0 N–H and O–H groups in total. The Bertz CT molecular complexity index is 913. The van der Waals surface area contributed by atoms with E-state index in [-0.39, 0.29) is 37.0 Å². The molecular formula is C23H23NO5. The summed E-state index contributed by atoms with van der Waals surface area (Å²) in [6.07, 6.45) is 0.275. The zero-order valence-corrected chi connectivity index (χ0v) is 16.5. The number of ketones is 1. The van der Waals surface area contributed by atoms with Gasteiger partial charge in [0.05, 0.1) is 11.1 Å². The summed E-state index contributed by atoms with van der Waals surface area (Å²) >= 11 is 0. The highest BCUT2D eigenvalue weighted by atomic mass is 16.5. The van der Waals surface area contributed by atoms with Crippen LogP contribution < -0.4 is 0 Å². The molecule has 0 bridgehead atoms. The minimum absolute atomic E-state index is 0.0137. The molecule has 0 fully saturated rings. The van der Waals surface area contributed by atoms with Gasteiger partial charge in [0.15, 0.2) is 6.10 Å². The van der Waals surface area contributed by atoms with Crippen molar-refractivity contribution < 1.29 is 23.9 Å². The Morgan fingerprint density at radius 2 is 1.55 bits per heavy atom. The van der Waals surface area contributed by atoms with Crippen LogP contribution in [0.2, 0.25) is 0 Å². The Kier molecular flexibility index (Phi) is 6.22. The number of aryl methyl sites for hydroxylation is 1. The van der Waals surface area contributed by atoms with Gasteiger partial charge in [-0.3, -0.25) is 24.1 Å². The number of esters is 1. The minimum atomic E-state index is -0.894. The van der Waals surface area contributed by atoms with E-state index in [4.69, 9.17) is 4.74 Å². The number of rotatable bonds is 8. The van der Waals surface area contributed by atoms with Gasteiger partial charge in [0.2, 0.25) is 5.78 Å². The van der Waals surface area contributed by atoms with E-state index < -0.39 is 12.1 Å². The number of fused-ring (bicyclic) bond motifs is 1. The molecule has 2 aromatic carbocycles. The smallest absolute Gasteiger partial charge is 0.306 e. The first-order chi connectivity index (χ1) is 13.9. The molecule has 1 aliphatic rings. The normalized spacial score (nSPS) is 13.9. The third kappa shape index (κ3) is 4.42. The molecule has 0 saturated heterocycles. The van der Waals surface area contributed by atoms with Gasteiger partial charge in [-0.1, -0.05) is 43.3 Å². The second-order valence-corrected chi connectivity index (χ2v) is 6.96. The van der Waals surface area contributed by atoms with Crippen LogP contribution in [0.15, 0.2) is 48.5 Å². The summed E-state index contributed by atoms with van der Waals surface area (Å²) in [5, 5.41) is 0. The van der Waals surface area contributed by atoms with E-state index in [1.165, 1.54) is 6.92 Å². The molecule has 150 valence electrons. The molecule has 0 radical (unpaired) electrons. The quantitative estimate of drug-likeness (QED) is 0.390. The number of ether oxygens (including phenoxy) is 1. The predicted octanol–water partition coefficient (Wildman–Crippen LogP) is 3.44. The van der Waals surface area contributed by atoms with Crippen molar-refractivity contribution in [2.24, 2.45) is 0 Å². The van der Waals surface area contributed by atoms with Gasteiger partial charge < -0.3 is 4.74 Å². The molecule has 0 spiro atoms. The van der Waals surface area contributed by atoms with Crippen LogP contribution in [0.3, 0.4) is 0 Å². The SMILES string of the molecule is CCc1ccc(C(=O)[C@@H](C)OC(=O)CCCN2C(=O)c3ccccc3C2=O)cc1. The van der Waals surface area contributed by atoms with Crippen LogP contribution in [0.5, 0.6) is 0 Å². The molecule has 1 atom stereocenters. The van der Waals surface area contributed by atoms with Gasteiger partial charge in [-0.15, -0.1) is 0 Å². The summed E-state index contributed by atoms with van der Waals surface area (Å²) in [5.74, 6) is -1.50. The summed E-state index contributed by atoms with van der Waals surface area (Å²) in [5.41, 5.74) is 2.38. The fourth-order valence-corrected chi connectivity index (χ4v) is 3.27. The highest BCUT2D eigenvalue weighted by Gasteiger charge is 2.34. The number of imide groups is 1. The van der Waals surface area contributed by atoms with Crippen molar-refractivity contribution >= 4 is 23.6 Å². The topological polar surface area (TPSA) is 80.8 Å². The van der Waals surface area contributed by atoms with Crippen LogP contribution in [-0.2, 0) is 16.0 Å². The third-order valence-electron chi connectivity index (χ3n) is 4.96. The number of benzene rings is 2. The van der Waals surface area contributed by atoms with Crippen LogP contribution in [0.25, 0.3) is 0 Å². The molecule has 2 aromatic rings. The number of hydrogen-bond donors (Lipinski definition) is 0. The molecule has 1 aliphatic heterocycles. The van der Waals surface area contributed by atoms with Crippen LogP contribution in [0.4, 0.5) is 0 Å². The maximum Gasteiger partial charge on any atom is 0.306 e. The van der Waals surface area contributed by atoms with Gasteiger partial charge in [-0.25, -0.2) is 0 Å². The first-order valence-corrected chi connectivity index (χ1v) is 9.70. The largest absolute Gasteiger partial charge is 0.454 e. The summed E-state index contributed by atoms with van der Waals surface area (Å²) in [7, 11) is 0. The van der Waals surface area contributed by atoms with Gasteiger partial charge in [0, 0.05) is 18.5 Å². The summed E-state index contributed by atoms with van der Waals surface area (Å²) < 4.78 is 5.23. The molecule has 2 amide bonds. The molecule has 29 heavy (non-hydrogen) atoms. The first-order valence-electron chi connectivity index (χ1n) is 9.70. The van der Waals surface area contributed by atoms with E-state index >= 15 is 0 Å². The average molecular weight is 393 g/mol. The summed E-state index contributed by atoms with van der Waals surface area (Å²) in [6, 6.07) is 13.9. The standard InChI is InChI=1S/C23H23NO5/c1-3-16-10-12-17(13-11-16)21(26)15(2)29-20(25)9-6-14-24-22(27)18-7-4-5-8-19(18)23(24)28/h4-5,7-8,10-13,15H,3,6,9,14H2,1-2H3/t15-/m1/s1. The van der Waals surface area contributed by atoms with Crippen molar-refractivity contribution in [2.75, 3.05) is 6.54 Å².